The molecule has 7 heteroatoms. The van der Waals surface area contributed by atoms with Crippen molar-refractivity contribution in [3.8, 4) is 0 Å². The van der Waals surface area contributed by atoms with Gasteiger partial charge in [0.15, 0.2) is 0 Å². The van der Waals surface area contributed by atoms with Crippen molar-refractivity contribution < 1.29 is 14.0 Å². The normalized spacial score (nSPS) is 11.6. The molecule has 2 amide bonds. The highest BCUT2D eigenvalue weighted by molar-refractivity contribution is 8.00. The largest absolute Gasteiger partial charge is 0.325 e. The highest BCUT2D eigenvalue weighted by Gasteiger charge is 2.16. The Balaban J connectivity index is 1.64. The van der Waals surface area contributed by atoms with Gasteiger partial charge in [-0.25, -0.2) is 4.39 Å². The van der Waals surface area contributed by atoms with Gasteiger partial charge in [-0.05, 0) is 61.9 Å². The first-order valence-electron chi connectivity index (χ1n) is 9.23. The SMILES string of the molecule is Cc1ccc(NC(=O)C(C)Sc2cccc(NC(=O)c3ccccc3F)c2)cc1Cl. The van der Waals surface area contributed by atoms with Crippen molar-refractivity contribution in [3.63, 3.8) is 0 Å². The van der Waals surface area contributed by atoms with Crippen molar-refractivity contribution in [2.24, 2.45) is 0 Å². The number of aryl methyl sites for hydroxylation is 1. The zero-order chi connectivity index (χ0) is 21.7. The summed E-state index contributed by atoms with van der Waals surface area (Å²) < 4.78 is 13.8. The van der Waals surface area contributed by atoms with Crippen molar-refractivity contribution in [1.82, 2.24) is 0 Å². The Hall–Kier alpha value is -2.83. The predicted molar refractivity (Wildman–Crippen MR) is 121 cm³/mol. The quantitative estimate of drug-likeness (QED) is 0.449. The van der Waals surface area contributed by atoms with Crippen molar-refractivity contribution in [3.05, 3.63) is 88.7 Å². The standard InChI is InChI=1S/C23H20ClFN2O2S/c1-14-10-11-17(13-20(14)24)26-22(28)15(2)30-18-7-5-6-16(12-18)27-23(29)19-8-3-4-9-21(19)25/h3-13,15H,1-2H3,(H,26,28)(H,27,29). The molecular formula is C23H20ClFN2O2S. The first-order chi connectivity index (χ1) is 14.3. The number of rotatable bonds is 6. The van der Waals surface area contributed by atoms with E-state index in [1.54, 1.807) is 43.3 Å². The summed E-state index contributed by atoms with van der Waals surface area (Å²) in [5.74, 6) is -1.28. The molecule has 0 aromatic heterocycles. The van der Waals surface area contributed by atoms with Gasteiger partial charge in [-0.2, -0.15) is 0 Å². The van der Waals surface area contributed by atoms with Gasteiger partial charge in [0.1, 0.15) is 5.82 Å². The number of hydrogen-bond acceptors (Lipinski definition) is 3. The summed E-state index contributed by atoms with van der Waals surface area (Å²) in [7, 11) is 0. The van der Waals surface area contributed by atoms with E-state index in [4.69, 9.17) is 11.6 Å². The molecule has 3 aromatic rings. The first-order valence-corrected chi connectivity index (χ1v) is 10.5. The number of carbonyl (C=O) groups excluding carboxylic acids is 2. The fourth-order valence-electron chi connectivity index (χ4n) is 2.66. The van der Waals surface area contributed by atoms with E-state index in [0.717, 1.165) is 10.5 Å². The zero-order valence-electron chi connectivity index (χ0n) is 16.4. The summed E-state index contributed by atoms with van der Waals surface area (Å²) in [5, 5.41) is 5.74. The molecule has 154 valence electrons. The van der Waals surface area contributed by atoms with E-state index in [1.165, 1.54) is 30.0 Å². The number of amides is 2. The minimum atomic E-state index is -0.581. The molecular weight excluding hydrogens is 423 g/mol. The summed E-state index contributed by atoms with van der Waals surface area (Å²) >= 11 is 7.45. The highest BCUT2D eigenvalue weighted by Crippen LogP contribution is 2.27. The van der Waals surface area contributed by atoms with Crippen LogP contribution in [0, 0.1) is 12.7 Å². The van der Waals surface area contributed by atoms with Gasteiger partial charge >= 0.3 is 0 Å². The molecule has 0 bridgehead atoms. The lowest BCUT2D eigenvalue weighted by molar-refractivity contribution is -0.115. The number of thioether (sulfide) groups is 1. The van der Waals surface area contributed by atoms with Gasteiger partial charge in [0.2, 0.25) is 5.91 Å². The van der Waals surface area contributed by atoms with Crippen molar-refractivity contribution in [2.75, 3.05) is 10.6 Å². The van der Waals surface area contributed by atoms with Gasteiger partial charge in [0.25, 0.3) is 5.91 Å². The summed E-state index contributed by atoms with van der Waals surface area (Å²) in [6.45, 7) is 3.69. The van der Waals surface area contributed by atoms with Crippen LogP contribution in [0.1, 0.15) is 22.8 Å². The Kier molecular flexibility index (Phi) is 7.13. The fourth-order valence-corrected chi connectivity index (χ4v) is 3.77. The number of halogens is 2. The van der Waals surface area contributed by atoms with E-state index in [1.807, 2.05) is 19.1 Å². The van der Waals surface area contributed by atoms with Crippen LogP contribution in [-0.4, -0.2) is 17.1 Å². The molecule has 4 nitrogen and oxygen atoms in total. The minimum Gasteiger partial charge on any atom is -0.325 e. The average molecular weight is 443 g/mol. The molecule has 0 heterocycles. The average Bonchev–Trinajstić information content (AvgIpc) is 2.71. The molecule has 0 saturated carbocycles. The zero-order valence-corrected chi connectivity index (χ0v) is 18.0. The van der Waals surface area contributed by atoms with E-state index in [9.17, 15) is 14.0 Å². The molecule has 0 spiro atoms. The fraction of sp³-hybridized carbons (Fsp3) is 0.130. The van der Waals surface area contributed by atoms with Gasteiger partial charge in [-0.15, -0.1) is 11.8 Å². The topological polar surface area (TPSA) is 58.2 Å². The third-order valence-corrected chi connectivity index (χ3v) is 5.83. The Morgan fingerprint density at radius 1 is 0.967 bits per heavy atom. The number of hydrogen-bond donors (Lipinski definition) is 2. The van der Waals surface area contributed by atoms with Gasteiger partial charge in [0.05, 0.1) is 10.8 Å². The Bertz CT molecular complexity index is 1090. The van der Waals surface area contributed by atoms with Crippen LogP contribution in [0.3, 0.4) is 0 Å². The molecule has 0 aliphatic heterocycles. The highest BCUT2D eigenvalue weighted by atomic mass is 35.5. The lowest BCUT2D eigenvalue weighted by Gasteiger charge is -2.13. The molecule has 0 aliphatic rings. The molecule has 3 aromatic carbocycles. The summed E-state index contributed by atoms with van der Waals surface area (Å²) in [6.07, 6.45) is 0. The lowest BCUT2D eigenvalue weighted by Crippen LogP contribution is -2.22. The monoisotopic (exact) mass is 442 g/mol. The third kappa shape index (κ3) is 5.62. The van der Waals surface area contributed by atoms with Crippen LogP contribution < -0.4 is 10.6 Å². The van der Waals surface area contributed by atoms with Crippen molar-refractivity contribution in [1.29, 1.82) is 0 Å². The Morgan fingerprint density at radius 2 is 1.70 bits per heavy atom. The van der Waals surface area contributed by atoms with Gasteiger partial charge in [0, 0.05) is 21.3 Å². The predicted octanol–water partition coefficient (Wildman–Crippen LogP) is 6.16. The smallest absolute Gasteiger partial charge is 0.258 e. The van der Waals surface area contributed by atoms with Crippen LogP contribution in [0.15, 0.2) is 71.6 Å². The molecule has 1 unspecified atom stereocenters. The third-order valence-electron chi connectivity index (χ3n) is 4.33. The van der Waals surface area contributed by atoms with E-state index < -0.39 is 11.7 Å². The van der Waals surface area contributed by atoms with E-state index in [0.29, 0.717) is 16.4 Å². The number of carbonyl (C=O) groups is 2. The molecule has 2 N–H and O–H groups in total. The van der Waals surface area contributed by atoms with Crippen LogP contribution in [-0.2, 0) is 4.79 Å². The molecule has 0 radical (unpaired) electrons. The molecule has 0 aliphatic carbocycles. The van der Waals surface area contributed by atoms with Gasteiger partial charge in [-0.1, -0.05) is 35.9 Å². The second kappa shape index (κ2) is 9.78. The second-order valence-electron chi connectivity index (χ2n) is 6.68. The van der Waals surface area contributed by atoms with Crippen LogP contribution in [0.5, 0.6) is 0 Å². The van der Waals surface area contributed by atoms with Crippen LogP contribution in [0.25, 0.3) is 0 Å². The van der Waals surface area contributed by atoms with Gasteiger partial charge < -0.3 is 10.6 Å². The number of nitrogens with one attached hydrogen (secondary N) is 2. The summed E-state index contributed by atoms with van der Waals surface area (Å²) in [5.41, 5.74) is 2.06. The van der Waals surface area contributed by atoms with Crippen LogP contribution >= 0.6 is 23.4 Å². The van der Waals surface area contributed by atoms with Crippen molar-refractivity contribution >= 4 is 46.6 Å². The molecule has 3 rings (SSSR count). The summed E-state index contributed by atoms with van der Waals surface area (Å²) in [6, 6.07) is 18.2. The maximum atomic E-state index is 13.8. The van der Waals surface area contributed by atoms with Crippen LogP contribution in [0.4, 0.5) is 15.8 Å². The molecule has 0 saturated heterocycles. The van der Waals surface area contributed by atoms with E-state index in [2.05, 4.69) is 10.6 Å². The second-order valence-corrected chi connectivity index (χ2v) is 8.50. The Morgan fingerprint density at radius 3 is 2.43 bits per heavy atom. The van der Waals surface area contributed by atoms with E-state index >= 15 is 0 Å². The number of anilines is 2. The summed E-state index contributed by atoms with van der Waals surface area (Å²) in [4.78, 5) is 25.6. The molecule has 30 heavy (non-hydrogen) atoms. The minimum absolute atomic E-state index is 0.0277. The number of benzene rings is 3. The molecule has 1 atom stereocenters. The lowest BCUT2D eigenvalue weighted by atomic mass is 10.2. The maximum absolute atomic E-state index is 13.8. The van der Waals surface area contributed by atoms with Crippen molar-refractivity contribution in [2.45, 2.75) is 24.0 Å². The Labute approximate surface area is 183 Å². The van der Waals surface area contributed by atoms with Crippen LogP contribution in [0.2, 0.25) is 5.02 Å². The molecule has 0 fully saturated rings. The van der Waals surface area contributed by atoms with Gasteiger partial charge in [-0.3, -0.25) is 9.59 Å². The first kappa shape index (κ1) is 21.9. The maximum Gasteiger partial charge on any atom is 0.258 e. The van der Waals surface area contributed by atoms with E-state index in [-0.39, 0.29) is 16.7 Å².